The molecule has 3 heterocycles. The fourth-order valence-electron chi connectivity index (χ4n) is 4.08. The summed E-state index contributed by atoms with van der Waals surface area (Å²) in [7, 11) is 0. The number of hydrogen-bond donors (Lipinski definition) is 0. The normalized spacial score (nSPS) is 26.7. The van der Waals surface area contributed by atoms with Crippen LogP contribution >= 0.6 is 0 Å². The zero-order valence-corrected chi connectivity index (χ0v) is 21.8. The fourth-order valence-corrected chi connectivity index (χ4v) is 4.08. The van der Waals surface area contributed by atoms with Gasteiger partial charge in [0, 0.05) is 38.4 Å². The van der Waals surface area contributed by atoms with Crippen LogP contribution in [0.25, 0.3) is 0 Å². The van der Waals surface area contributed by atoms with Gasteiger partial charge < -0.3 is 14.2 Å². The summed E-state index contributed by atoms with van der Waals surface area (Å²) in [6.07, 6.45) is 6.96. The fraction of sp³-hybridized carbons (Fsp3) is 1.00. The van der Waals surface area contributed by atoms with Crippen LogP contribution in [0, 0.1) is 16.7 Å². The average Bonchev–Trinajstić information content (AvgIpc) is 2.69. The van der Waals surface area contributed by atoms with E-state index in [2.05, 4.69) is 67.2 Å². The largest absolute Gasteiger partial charge is 0.381 e. The molecule has 3 aliphatic heterocycles. The first-order valence-corrected chi connectivity index (χ1v) is 12.3. The second-order valence-corrected chi connectivity index (χ2v) is 12.3. The van der Waals surface area contributed by atoms with Gasteiger partial charge in [-0.3, -0.25) is 4.90 Å². The van der Waals surface area contributed by atoms with E-state index >= 15 is 0 Å². The van der Waals surface area contributed by atoms with Gasteiger partial charge in [0.25, 0.3) is 0 Å². The summed E-state index contributed by atoms with van der Waals surface area (Å²) in [6.45, 7) is 27.3. The predicted molar refractivity (Wildman–Crippen MR) is 128 cm³/mol. The number of morpholine rings is 1. The van der Waals surface area contributed by atoms with Gasteiger partial charge in [0.15, 0.2) is 0 Å². The first-order valence-electron chi connectivity index (χ1n) is 12.3. The van der Waals surface area contributed by atoms with Crippen molar-refractivity contribution in [3.8, 4) is 0 Å². The van der Waals surface area contributed by atoms with Crippen LogP contribution in [0.4, 0.5) is 0 Å². The first kappa shape index (κ1) is 27.9. The summed E-state index contributed by atoms with van der Waals surface area (Å²) in [5, 5.41) is 0. The third-order valence-corrected chi connectivity index (χ3v) is 6.49. The van der Waals surface area contributed by atoms with Crippen LogP contribution in [0.3, 0.4) is 0 Å². The van der Waals surface area contributed by atoms with Crippen LogP contribution in [0.15, 0.2) is 0 Å². The van der Waals surface area contributed by atoms with Crippen molar-refractivity contribution < 1.29 is 14.2 Å². The second kappa shape index (κ2) is 12.8. The summed E-state index contributed by atoms with van der Waals surface area (Å²) in [6, 6.07) is 0. The molecule has 0 aromatic rings. The molecule has 3 aliphatic rings. The van der Waals surface area contributed by atoms with Crippen molar-refractivity contribution in [3.63, 3.8) is 0 Å². The summed E-state index contributed by atoms with van der Waals surface area (Å²) >= 11 is 0. The summed E-state index contributed by atoms with van der Waals surface area (Å²) in [4.78, 5) is 2.45. The molecule has 30 heavy (non-hydrogen) atoms. The Labute approximate surface area is 188 Å². The molecular formula is C26H53NO3. The van der Waals surface area contributed by atoms with Crippen molar-refractivity contribution >= 4 is 0 Å². The molecule has 0 amide bonds. The molecule has 0 N–H and O–H groups in total. The van der Waals surface area contributed by atoms with Crippen LogP contribution in [0.5, 0.6) is 0 Å². The minimum atomic E-state index is 0.323. The minimum absolute atomic E-state index is 0.323. The van der Waals surface area contributed by atoms with E-state index in [9.17, 15) is 0 Å². The van der Waals surface area contributed by atoms with Crippen molar-refractivity contribution in [1.82, 2.24) is 4.90 Å². The van der Waals surface area contributed by atoms with Crippen molar-refractivity contribution in [2.45, 2.75) is 106 Å². The van der Waals surface area contributed by atoms with Crippen molar-refractivity contribution in [2.75, 3.05) is 46.1 Å². The van der Waals surface area contributed by atoms with E-state index in [0.29, 0.717) is 22.5 Å². The standard InChI is InChI=1S/2C9H18O.C8H17NO/c1-9(2,3)8-5-4-6-10-7-8;1-9(2,3)8-6-4-5-7-10-8;1-8(2,3)9-4-6-10-7-5-9/h2*8H,4-7H2,1-3H3;4-7H2,1-3H3. The highest BCUT2D eigenvalue weighted by Crippen LogP contribution is 2.32. The van der Waals surface area contributed by atoms with Crippen LogP contribution in [0.1, 0.15) is 94.4 Å². The lowest BCUT2D eigenvalue weighted by Gasteiger charge is -2.38. The van der Waals surface area contributed by atoms with E-state index in [1.54, 1.807) is 0 Å². The smallest absolute Gasteiger partial charge is 0.0623 e. The van der Waals surface area contributed by atoms with Gasteiger partial charge >= 0.3 is 0 Å². The Bertz CT molecular complexity index is 360. The highest BCUT2D eigenvalue weighted by Gasteiger charge is 2.27. The molecular weight excluding hydrogens is 374 g/mol. The maximum Gasteiger partial charge on any atom is 0.0623 e. The molecule has 0 aromatic heterocycles. The quantitative estimate of drug-likeness (QED) is 0.462. The van der Waals surface area contributed by atoms with E-state index in [1.165, 1.54) is 32.1 Å². The van der Waals surface area contributed by atoms with Gasteiger partial charge in [0.1, 0.15) is 0 Å². The molecule has 4 nitrogen and oxygen atoms in total. The van der Waals surface area contributed by atoms with Gasteiger partial charge in [-0.15, -0.1) is 0 Å². The number of rotatable bonds is 0. The first-order chi connectivity index (χ1) is 13.8. The van der Waals surface area contributed by atoms with Gasteiger partial charge in [-0.2, -0.15) is 0 Å². The lowest BCUT2D eigenvalue weighted by molar-refractivity contribution is -0.0474. The van der Waals surface area contributed by atoms with Gasteiger partial charge in [-0.1, -0.05) is 41.5 Å². The maximum absolute atomic E-state index is 5.64. The molecule has 2 atom stereocenters. The second-order valence-electron chi connectivity index (χ2n) is 12.3. The molecule has 0 saturated carbocycles. The Balaban J connectivity index is 0.000000225. The third kappa shape index (κ3) is 11.5. The Morgan fingerprint density at radius 1 is 0.633 bits per heavy atom. The minimum Gasteiger partial charge on any atom is -0.381 e. The molecule has 0 spiro atoms. The molecule has 4 heteroatoms. The Hall–Kier alpha value is -0.160. The molecule has 0 bridgehead atoms. The Morgan fingerprint density at radius 2 is 1.27 bits per heavy atom. The molecule has 180 valence electrons. The maximum atomic E-state index is 5.64. The molecule has 0 aliphatic carbocycles. The predicted octanol–water partition coefficient (Wildman–Crippen LogP) is 6.18. The summed E-state index contributed by atoms with van der Waals surface area (Å²) in [5.41, 5.74) is 1.12. The zero-order chi connectivity index (χ0) is 22.8. The van der Waals surface area contributed by atoms with Crippen LogP contribution < -0.4 is 0 Å². The van der Waals surface area contributed by atoms with Crippen molar-refractivity contribution in [2.24, 2.45) is 16.7 Å². The van der Waals surface area contributed by atoms with Gasteiger partial charge in [0.2, 0.25) is 0 Å². The lowest BCUT2D eigenvalue weighted by atomic mass is 9.78. The van der Waals surface area contributed by atoms with Gasteiger partial charge in [-0.05, 0) is 69.6 Å². The number of nitrogens with zero attached hydrogens (tertiary/aromatic N) is 1. The Morgan fingerprint density at radius 3 is 1.57 bits per heavy atom. The van der Waals surface area contributed by atoms with Crippen LogP contribution in [0.2, 0.25) is 0 Å². The van der Waals surface area contributed by atoms with E-state index in [4.69, 9.17) is 14.2 Å². The van der Waals surface area contributed by atoms with E-state index in [-0.39, 0.29) is 0 Å². The third-order valence-electron chi connectivity index (χ3n) is 6.49. The van der Waals surface area contributed by atoms with E-state index in [0.717, 1.165) is 52.0 Å². The number of ether oxygens (including phenoxy) is 3. The van der Waals surface area contributed by atoms with E-state index < -0.39 is 0 Å². The monoisotopic (exact) mass is 427 g/mol. The molecule has 3 saturated heterocycles. The molecule has 2 unspecified atom stereocenters. The number of hydrogen-bond acceptors (Lipinski definition) is 4. The SMILES string of the molecule is CC(C)(C)C1CCCCO1.CC(C)(C)C1CCCOC1.CC(C)(C)N1CCOCC1. The molecule has 3 fully saturated rings. The van der Waals surface area contributed by atoms with Crippen molar-refractivity contribution in [1.29, 1.82) is 0 Å². The molecule has 0 aromatic carbocycles. The summed E-state index contributed by atoms with van der Waals surface area (Å²) < 4.78 is 16.3. The van der Waals surface area contributed by atoms with Crippen LogP contribution in [-0.4, -0.2) is 62.7 Å². The average molecular weight is 428 g/mol. The van der Waals surface area contributed by atoms with Gasteiger partial charge in [0.05, 0.1) is 19.3 Å². The van der Waals surface area contributed by atoms with Crippen LogP contribution in [-0.2, 0) is 14.2 Å². The Kier molecular flexibility index (Phi) is 11.9. The van der Waals surface area contributed by atoms with Crippen molar-refractivity contribution in [3.05, 3.63) is 0 Å². The highest BCUT2D eigenvalue weighted by atomic mass is 16.5. The highest BCUT2D eigenvalue weighted by molar-refractivity contribution is 4.78. The topological polar surface area (TPSA) is 30.9 Å². The zero-order valence-electron chi connectivity index (χ0n) is 21.8. The van der Waals surface area contributed by atoms with E-state index in [1.807, 2.05) is 0 Å². The summed E-state index contributed by atoms with van der Waals surface area (Å²) in [5.74, 6) is 0.779. The molecule has 3 rings (SSSR count). The molecule has 0 radical (unpaired) electrons. The van der Waals surface area contributed by atoms with Gasteiger partial charge in [-0.25, -0.2) is 0 Å². The lowest BCUT2D eigenvalue weighted by Crippen LogP contribution is -2.47.